The largest absolute Gasteiger partial charge is 0.452 e. The third-order valence-corrected chi connectivity index (χ3v) is 4.32. The number of halogens is 1. The molecule has 0 heterocycles. The van der Waals surface area contributed by atoms with Crippen molar-refractivity contribution in [3.8, 4) is 0 Å². The normalized spacial score (nSPS) is 17.3. The first-order valence-corrected chi connectivity index (χ1v) is 7.85. The van der Waals surface area contributed by atoms with Gasteiger partial charge in [0, 0.05) is 6.54 Å². The molecule has 124 valence electrons. The summed E-state index contributed by atoms with van der Waals surface area (Å²) in [6, 6.07) is 5.96. The molecule has 0 aliphatic heterocycles. The molecule has 1 amide bonds. The minimum absolute atomic E-state index is 0.323. The van der Waals surface area contributed by atoms with Crippen LogP contribution in [0.3, 0.4) is 0 Å². The minimum Gasteiger partial charge on any atom is -0.452 e. The van der Waals surface area contributed by atoms with E-state index in [4.69, 9.17) is 4.74 Å². The molecule has 0 aromatic heterocycles. The molecule has 0 unspecified atom stereocenters. The summed E-state index contributed by atoms with van der Waals surface area (Å²) in [4.78, 5) is 24.6. The molecule has 0 spiro atoms. The zero-order valence-corrected chi connectivity index (χ0v) is 13.3. The average molecular weight is 319 g/mol. The Morgan fingerprint density at radius 3 is 2.52 bits per heavy atom. The molecule has 0 bridgehead atoms. The molecule has 1 atom stereocenters. The summed E-state index contributed by atoms with van der Waals surface area (Å²) < 4.78 is 18.6. The molecule has 0 saturated heterocycles. The van der Waals surface area contributed by atoms with E-state index < -0.39 is 17.5 Å². The number of hydrogen-bond donors (Lipinski definition) is 1. The molecular weight excluding hydrogens is 297 g/mol. The van der Waals surface area contributed by atoms with Crippen molar-refractivity contribution in [1.82, 2.24) is 5.32 Å². The topological polar surface area (TPSA) is 55.4 Å². The number of nitrogens with one attached hydrogen (secondary N) is 1. The second-order valence-corrected chi connectivity index (χ2v) is 5.88. The van der Waals surface area contributed by atoms with E-state index in [1.165, 1.54) is 12.1 Å². The highest BCUT2D eigenvalue weighted by Gasteiger charge is 2.45. The second kappa shape index (κ2) is 7.40. The average Bonchev–Trinajstić information content (AvgIpc) is 3.04. The van der Waals surface area contributed by atoms with E-state index in [1.807, 2.05) is 0 Å². The molecule has 1 aromatic carbocycles. The van der Waals surface area contributed by atoms with Crippen LogP contribution >= 0.6 is 0 Å². The van der Waals surface area contributed by atoms with Crippen LogP contribution in [0.4, 0.5) is 4.39 Å². The first-order chi connectivity index (χ1) is 11.0. The van der Waals surface area contributed by atoms with Crippen molar-refractivity contribution in [1.29, 1.82) is 0 Å². The molecule has 1 aliphatic rings. The van der Waals surface area contributed by atoms with E-state index in [0.717, 1.165) is 18.4 Å². The molecule has 1 saturated carbocycles. The molecule has 23 heavy (non-hydrogen) atoms. The summed E-state index contributed by atoms with van der Waals surface area (Å²) in [5.74, 6) is -1.11. The lowest BCUT2D eigenvalue weighted by Crippen LogP contribution is -2.41. The second-order valence-electron chi connectivity index (χ2n) is 5.88. The van der Waals surface area contributed by atoms with Crippen molar-refractivity contribution in [2.45, 2.75) is 44.1 Å². The summed E-state index contributed by atoms with van der Waals surface area (Å²) in [7, 11) is 0. The van der Waals surface area contributed by atoms with Gasteiger partial charge < -0.3 is 10.1 Å². The van der Waals surface area contributed by atoms with Gasteiger partial charge in [-0.1, -0.05) is 31.1 Å². The quantitative estimate of drug-likeness (QED) is 0.648. The van der Waals surface area contributed by atoms with Gasteiger partial charge >= 0.3 is 5.97 Å². The van der Waals surface area contributed by atoms with Crippen LogP contribution in [-0.2, 0) is 19.7 Å². The molecule has 1 aromatic rings. The van der Waals surface area contributed by atoms with Crippen molar-refractivity contribution in [2.24, 2.45) is 0 Å². The van der Waals surface area contributed by atoms with E-state index in [1.54, 1.807) is 25.1 Å². The van der Waals surface area contributed by atoms with Gasteiger partial charge in [0.25, 0.3) is 5.91 Å². The molecule has 1 N–H and O–H groups in total. The van der Waals surface area contributed by atoms with Gasteiger partial charge in [-0.05, 0) is 37.5 Å². The maximum atomic E-state index is 13.2. The molecule has 0 radical (unpaired) electrons. The van der Waals surface area contributed by atoms with Crippen molar-refractivity contribution >= 4 is 11.9 Å². The SMILES string of the molecule is C=CCNC(=O)[C@H](C)OC(=O)C1(c2ccc(F)cc2)CCCC1. The molecule has 2 rings (SSSR count). The van der Waals surface area contributed by atoms with Crippen LogP contribution < -0.4 is 5.32 Å². The third kappa shape index (κ3) is 3.78. The van der Waals surface area contributed by atoms with Crippen LogP contribution in [0.15, 0.2) is 36.9 Å². The van der Waals surface area contributed by atoms with E-state index in [9.17, 15) is 14.0 Å². The molecule has 5 heteroatoms. The van der Waals surface area contributed by atoms with Crippen molar-refractivity contribution < 1.29 is 18.7 Å². The van der Waals surface area contributed by atoms with Gasteiger partial charge in [0.05, 0.1) is 5.41 Å². The lowest BCUT2D eigenvalue weighted by atomic mass is 9.79. The standard InChI is InChI=1S/C18H22FNO3/c1-3-12-20-16(21)13(2)23-17(22)18(10-4-5-11-18)14-6-8-15(19)9-7-14/h3,6-9,13H,1,4-5,10-12H2,2H3,(H,20,21)/t13-/m0/s1. The Balaban J connectivity index is 2.14. The predicted octanol–water partition coefficient (Wildman–Crippen LogP) is 2.87. The van der Waals surface area contributed by atoms with Crippen molar-refractivity contribution in [3.63, 3.8) is 0 Å². The van der Waals surface area contributed by atoms with Crippen LogP contribution in [0.1, 0.15) is 38.2 Å². The van der Waals surface area contributed by atoms with Crippen molar-refractivity contribution in [3.05, 3.63) is 48.3 Å². The molecular formula is C18H22FNO3. The number of rotatable bonds is 6. The van der Waals surface area contributed by atoms with Gasteiger partial charge in [-0.2, -0.15) is 0 Å². The summed E-state index contributed by atoms with van der Waals surface area (Å²) in [5, 5.41) is 2.60. The van der Waals surface area contributed by atoms with Gasteiger partial charge in [0.1, 0.15) is 5.82 Å². The van der Waals surface area contributed by atoms with Gasteiger partial charge in [-0.3, -0.25) is 9.59 Å². The van der Waals surface area contributed by atoms with E-state index in [2.05, 4.69) is 11.9 Å². The number of amides is 1. The Hall–Kier alpha value is -2.17. The number of carbonyl (C=O) groups excluding carboxylic acids is 2. The van der Waals surface area contributed by atoms with Gasteiger partial charge in [-0.25, -0.2) is 4.39 Å². The first kappa shape index (κ1) is 17.2. The zero-order chi connectivity index (χ0) is 16.9. The first-order valence-electron chi connectivity index (χ1n) is 7.85. The minimum atomic E-state index is -0.875. The smallest absolute Gasteiger partial charge is 0.317 e. The van der Waals surface area contributed by atoms with Crippen LogP contribution in [-0.4, -0.2) is 24.5 Å². The maximum Gasteiger partial charge on any atom is 0.317 e. The third-order valence-electron chi connectivity index (χ3n) is 4.32. The van der Waals surface area contributed by atoms with Crippen LogP contribution in [0.5, 0.6) is 0 Å². The lowest BCUT2D eigenvalue weighted by Gasteiger charge is -2.28. The Morgan fingerprint density at radius 2 is 1.96 bits per heavy atom. The number of hydrogen-bond acceptors (Lipinski definition) is 3. The van der Waals surface area contributed by atoms with Crippen LogP contribution in [0.25, 0.3) is 0 Å². The highest BCUT2D eigenvalue weighted by Crippen LogP contribution is 2.42. The van der Waals surface area contributed by atoms with E-state index in [0.29, 0.717) is 19.4 Å². The van der Waals surface area contributed by atoms with Gasteiger partial charge in [0.2, 0.25) is 0 Å². The van der Waals surface area contributed by atoms with E-state index in [-0.39, 0.29) is 11.7 Å². The number of esters is 1. The van der Waals surface area contributed by atoms with Gasteiger partial charge in [0.15, 0.2) is 6.10 Å². The highest BCUT2D eigenvalue weighted by molar-refractivity contribution is 5.88. The molecule has 1 aliphatic carbocycles. The Bertz CT molecular complexity index is 576. The number of benzene rings is 1. The number of carbonyl (C=O) groups is 2. The van der Waals surface area contributed by atoms with Crippen LogP contribution in [0.2, 0.25) is 0 Å². The summed E-state index contributed by atoms with van der Waals surface area (Å²) >= 11 is 0. The van der Waals surface area contributed by atoms with Crippen molar-refractivity contribution in [2.75, 3.05) is 6.54 Å². The maximum absolute atomic E-state index is 13.2. The fourth-order valence-corrected chi connectivity index (χ4v) is 3.00. The fraction of sp³-hybridized carbons (Fsp3) is 0.444. The lowest BCUT2D eigenvalue weighted by molar-refractivity contribution is -0.160. The fourth-order valence-electron chi connectivity index (χ4n) is 3.00. The van der Waals surface area contributed by atoms with E-state index >= 15 is 0 Å². The van der Waals surface area contributed by atoms with Crippen LogP contribution in [0, 0.1) is 5.82 Å². The predicted molar refractivity (Wildman–Crippen MR) is 85.3 cm³/mol. The summed E-state index contributed by atoms with van der Waals surface area (Å²) in [6.45, 7) is 5.39. The Kier molecular flexibility index (Phi) is 5.53. The van der Waals surface area contributed by atoms with Gasteiger partial charge in [-0.15, -0.1) is 6.58 Å². The monoisotopic (exact) mass is 319 g/mol. The Morgan fingerprint density at radius 1 is 1.35 bits per heavy atom. The number of ether oxygens (including phenoxy) is 1. The Labute approximate surface area is 135 Å². The zero-order valence-electron chi connectivity index (χ0n) is 13.3. The summed E-state index contributed by atoms with van der Waals surface area (Å²) in [6.07, 6.45) is 3.80. The summed E-state index contributed by atoms with van der Waals surface area (Å²) in [5.41, 5.74) is -0.0270. The molecule has 4 nitrogen and oxygen atoms in total. The highest BCUT2D eigenvalue weighted by atomic mass is 19.1. The molecule has 1 fully saturated rings.